The Bertz CT molecular complexity index is 783. The number of hydrogen-bond donors (Lipinski definition) is 0. The Morgan fingerprint density at radius 1 is 1.36 bits per heavy atom. The van der Waals surface area contributed by atoms with Crippen molar-refractivity contribution in [2.45, 2.75) is 13.0 Å². The lowest BCUT2D eigenvalue weighted by Crippen LogP contribution is -2.46. The molecule has 22 heavy (non-hydrogen) atoms. The second-order valence-corrected chi connectivity index (χ2v) is 7.55. The number of pyridine rings is 1. The van der Waals surface area contributed by atoms with E-state index in [0.29, 0.717) is 17.1 Å². The molecule has 0 aromatic carbocycles. The number of hydrogen-bond acceptors (Lipinski definition) is 5. The molecule has 1 amide bonds. The Hall–Kier alpha value is -2.15. The zero-order valence-electron chi connectivity index (χ0n) is 12.1. The van der Waals surface area contributed by atoms with Gasteiger partial charge in [-0.25, -0.2) is 8.42 Å². The first kappa shape index (κ1) is 14.8. The maximum absolute atomic E-state index is 12.7. The van der Waals surface area contributed by atoms with E-state index in [2.05, 4.69) is 4.98 Å². The number of sulfone groups is 1. The fraction of sp³-hybridized carbons (Fsp3) is 0.333. The van der Waals surface area contributed by atoms with Crippen molar-refractivity contribution in [3.63, 3.8) is 0 Å². The predicted octanol–water partition coefficient (Wildman–Crippen LogP) is 1.59. The Morgan fingerprint density at radius 2 is 2.18 bits per heavy atom. The highest BCUT2D eigenvalue weighted by molar-refractivity contribution is 7.91. The van der Waals surface area contributed by atoms with E-state index in [0.717, 1.165) is 0 Å². The first-order valence-corrected chi connectivity index (χ1v) is 8.76. The average molecular weight is 320 g/mol. The van der Waals surface area contributed by atoms with Crippen LogP contribution in [0.2, 0.25) is 0 Å². The van der Waals surface area contributed by atoms with Crippen molar-refractivity contribution >= 4 is 15.7 Å². The van der Waals surface area contributed by atoms with Crippen molar-refractivity contribution in [2.24, 2.45) is 0 Å². The van der Waals surface area contributed by atoms with Gasteiger partial charge < -0.3 is 9.32 Å². The predicted molar refractivity (Wildman–Crippen MR) is 80.1 cm³/mol. The summed E-state index contributed by atoms with van der Waals surface area (Å²) in [7, 11) is -3.19. The van der Waals surface area contributed by atoms with Gasteiger partial charge in [-0.2, -0.15) is 0 Å². The summed E-state index contributed by atoms with van der Waals surface area (Å²) in [4.78, 5) is 18.1. The lowest BCUT2D eigenvalue weighted by Gasteiger charge is -2.34. The van der Waals surface area contributed by atoms with E-state index in [1.54, 1.807) is 42.3 Å². The number of amides is 1. The van der Waals surface area contributed by atoms with Gasteiger partial charge in [0.15, 0.2) is 9.84 Å². The molecule has 1 aliphatic heterocycles. The first-order valence-electron chi connectivity index (χ1n) is 6.94. The summed E-state index contributed by atoms with van der Waals surface area (Å²) in [6.07, 6.45) is 3.07. The number of aromatic nitrogens is 1. The fourth-order valence-electron chi connectivity index (χ4n) is 2.57. The molecule has 0 spiro atoms. The van der Waals surface area contributed by atoms with E-state index in [1.165, 1.54) is 6.20 Å². The van der Waals surface area contributed by atoms with Gasteiger partial charge in [-0.3, -0.25) is 9.78 Å². The second-order valence-electron chi connectivity index (χ2n) is 5.32. The van der Waals surface area contributed by atoms with E-state index >= 15 is 0 Å². The summed E-state index contributed by atoms with van der Waals surface area (Å²) in [5, 5.41) is 0. The molecule has 1 aliphatic rings. The van der Waals surface area contributed by atoms with Crippen LogP contribution in [0, 0.1) is 6.92 Å². The zero-order chi connectivity index (χ0) is 15.7. The van der Waals surface area contributed by atoms with E-state index < -0.39 is 15.9 Å². The molecule has 0 aliphatic carbocycles. The minimum absolute atomic E-state index is 0.0325. The van der Waals surface area contributed by atoms with Gasteiger partial charge >= 0.3 is 0 Å². The van der Waals surface area contributed by atoms with E-state index in [9.17, 15) is 13.2 Å². The summed E-state index contributed by atoms with van der Waals surface area (Å²) in [6.45, 7) is 1.94. The molecule has 7 heteroatoms. The van der Waals surface area contributed by atoms with Crippen LogP contribution >= 0.6 is 0 Å². The molecule has 116 valence electrons. The molecule has 0 N–H and O–H groups in total. The van der Waals surface area contributed by atoms with Gasteiger partial charge in [0.1, 0.15) is 17.6 Å². The summed E-state index contributed by atoms with van der Waals surface area (Å²) in [5.74, 6) is 0.799. The summed E-state index contributed by atoms with van der Waals surface area (Å²) in [6, 6.07) is 6.25. The normalized spacial score (nSPS) is 20.8. The Kier molecular flexibility index (Phi) is 3.74. The van der Waals surface area contributed by atoms with Crippen LogP contribution in [0.25, 0.3) is 0 Å². The standard InChI is InChI=1S/C15H16N2O4S/c1-11-4-5-14(21-11)13-10-22(19,20)8-7-17(13)15(18)12-3-2-6-16-9-12/h2-6,9,13H,7-8,10H2,1H3. The van der Waals surface area contributed by atoms with E-state index in [1.807, 2.05) is 0 Å². The smallest absolute Gasteiger partial charge is 0.256 e. The largest absolute Gasteiger partial charge is 0.464 e. The van der Waals surface area contributed by atoms with Crippen molar-refractivity contribution in [3.05, 3.63) is 53.7 Å². The van der Waals surface area contributed by atoms with Gasteiger partial charge in [0.2, 0.25) is 0 Å². The molecule has 1 atom stereocenters. The van der Waals surface area contributed by atoms with Crippen molar-refractivity contribution in [2.75, 3.05) is 18.1 Å². The quantitative estimate of drug-likeness (QED) is 0.839. The topological polar surface area (TPSA) is 80.5 Å². The molecule has 2 aromatic heterocycles. The van der Waals surface area contributed by atoms with E-state index in [-0.39, 0.29) is 24.0 Å². The van der Waals surface area contributed by atoms with Gasteiger partial charge in [0.05, 0.1) is 17.1 Å². The van der Waals surface area contributed by atoms with Crippen molar-refractivity contribution < 1.29 is 17.6 Å². The minimum Gasteiger partial charge on any atom is -0.464 e. The van der Waals surface area contributed by atoms with Gasteiger partial charge in [0.25, 0.3) is 5.91 Å². The third-order valence-electron chi connectivity index (χ3n) is 3.69. The van der Waals surface area contributed by atoms with Crippen molar-refractivity contribution in [3.8, 4) is 0 Å². The molecular formula is C15H16N2O4S. The number of aryl methyl sites for hydroxylation is 1. The van der Waals surface area contributed by atoms with Crippen molar-refractivity contribution in [1.29, 1.82) is 0 Å². The Labute approximate surface area is 128 Å². The van der Waals surface area contributed by atoms with Gasteiger partial charge in [-0.05, 0) is 31.2 Å². The highest BCUT2D eigenvalue weighted by Crippen LogP contribution is 2.29. The third-order valence-corrected chi connectivity index (χ3v) is 5.32. The van der Waals surface area contributed by atoms with Gasteiger partial charge in [-0.15, -0.1) is 0 Å². The van der Waals surface area contributed by atoms with Crippen LogP contribution in [0.15, 0.2) is 41.1 Å². The van der Waals surface area contributed by atoms with Crippen LogP contribution in [0.3, 0.4) is 0 Å². The molecule has 1 saturated heterocycles. The molecule has 1 fully saturated rings. The fourth-order valence-corrected chi connectivity index (χ4v) is 4.04. The number of nitrogens with zero attached hydrogens (tertiary/aromatic N) is 2. The molecule has 0 radical (unpaired) electrons. The van der Waals surface area contributed by atoms with Crippen LogP contribution in [0.1, 0.15) is 27.9 Å². The molecule has 3 rings (SSSR count). The maximum Gasteiger partial charge on any atom is 0.256 e. The minimum atomic E-state index is -3.19. The maximum atomic E-state index is 12.7. The zero-order valence-corrected chi connectivity index (χ0v) is 12.9. The average Bonchev–Trinajstić information content (AvgIpc) is 2.93. The van der Waals surface area contributed by atoms with Crippen LogP contribution in [0.4, 0.5) is 0 Å². The van der Waals surface area contributed by atoms with Gasteiger partial charge in [-0.1, -0.05) is 0 Å². The number of carbonyl (C=O) groups excluding carboxylic acids is 1. The molecule has 6 nitrogen and oxygen atoms in total. The number of furan rings is 1. The molecular weight excluding hydrogens is 304 g/mol. The highest BCUT2D eigenvalue weighted by atomic mass is 32.2. The second kappa shape index (κ2) is 5.57. The SMILES string of the molecule is Cc1ccc(C2CS(=O)(=O)CCN2C(=O)c2cccnc2)o1. The van der Waals surface area contributed by atoms with Crippen molar-refractivity contribution in [1.82, 2.24) is 9.88 Å². The molecule has 3 heterocycles. The monoisotopic (exact) mass is 320 g/mol. The van der Waals surface area contributed by atoms with E-state index in [4.69, 9.17) is 4.42 Å². The lowest BCUT2D eigenvalue weighted by atomic mass is 10.1. The van der Waals surface area contributed by atoms with Gasteiger partial charge in [0, 0.05) is 18.9 Å². The number of rotatable bonds is 2. The Morgan fingerprint density at radius 3 is 2.82 bits per heavy atom. The summed E-state index contributed by atoms with van der Waals surface area (Å²) >= 11 is 0. The Balaban J connectivity index is 1.96. The summed E-state index contributed by atoms with van der Waals surface area (Å²) < 4.78 is 29.5. The first-order chi connectivity index (χ1) is 10.5. The van der Waals surface area contributed by atoms with Crippen LogP contribution in [0.5, 0.6) is 0 Å². The highest BCUT2D eigenvalue weighted by Gasteiger charge is 2.37. The molecule has 2 aromatic rings. The number of carbonyl (C=O) groups is 1. The van der Waals surface area contributed by atoms with Crippen LogP contribution in [-0.4, -0.2) is 42.3 Å². The third kappa shape index (κ3) is 2.89. The molecule has 0 saturated carbocycles. The molecule has 1 unspecified atom stereocenters. The molecule has 0 bridgehead atoms. The van der Waals surface area contributed by atoms with Crippen LogP contribution in [-0.2, 0) is 9.84 Å². The summed E-state index contributed by atoms with van der Waals surface area (Å²) in [5.41, 5.74) is 0.440. The van der Waals surface area contributed by atoms with Crippen LogP contribution < -0.4 is 0 Å². The lowest BCUT2D eigenvalue weighted by molar-refractivity contribution is 0.0676.